The Hall–Kier alpha value is -0.660. The van der Waals surface area contributed by atoms with E-state index >= 15 is 0 Å². The summed E-state index contributed by atoms with van der Waals surface area (Å²) in [6, 6.07) is 0.389. The van der Waals surface area contributed by atoms with Gasteiger partial charge in [0.2, 0.25) is 4.96 Å². The molecule has 7 heteroatoms. The summed E-state index contributed by atoms with van der Waals surface area (Å²) in [6.07, 6.45) is 1.64. The van der Waals surface area contributed by atoms with E-state index < -0.39 is 0 Å². The van der Waals surface area contributed by atoms with Crippen LogP contribution >= 0.6 is 23.1 Å². The quantitative estimate of drug-likeness (QED) is 0.771. The molecule has 0 bridgehead atoms. The van der Waals surface area contributed by atoms with Gasteiger partial charge < -0.3 is 5.32 Å². The molecule has 0 spiro atoms. The van der Waals surface area contributed by atoms with Gasteiger partial charge in [0.15, 0.2) is 0 Å². The molecule has 1 atom stereocenters. The lowest BCUT2D eigenvalue weighted by Gasteiger charge is -2.20. The molecule has 0 amide bonds. The smallest absolute Gasteiger partial charge is 0.234 e. The molecule has 0 radical (unpaired) electrons. The first-order valence-corrected chi connectivity index (χ1v) is 6.38. The van der Waals surface area contributed by atoms with Gasteiger partial charge in [-0.05, 0) is 0 Å². The monoisotopic (exact) mass is 227 g/mol. The first-order valence-electron chi connectivity index (χ1n) is 4.41. The van der Waals surface area contributed by atoms with E-state index in [4.69, 9.17) is 0 Å². The molecule has 1 aliphatic heterocycles. The number of aromatic nitrogens is 4. The summed E-state index contributed by atoms with van der Waals surface area (Å²) in [5, 5.41) is 16.7. The molecule has 5 nitrogen and oxygen atoms in total. The van der Waals surface area contributed by atoms with Crippen molar-refractivity contribution >= 4 is 28.1 Å². The van der Waals surface area contributed by atoms with Gasteiger partial charge in [-0.15, -0.1) is 10.2 Å². The lowest BCUT2D eigenvalue weighted by atomic mass is 10.3. The van der Waals surface area contributed by atoms with Gasteiger partial charge in [-0.3, -0.25) is 0 Å². The molecule has 1 N–H and O–H groups in total. The van der Waals surface area contributed by atoms with Crippen molar-refractivity contribution in [1.82, 2.24) is 25.1 Å². The van der Waals surface area contributed by atoms with Crippen LogP contribution in [0.3, 0.4) is 0 Å². The maximum absolute atomic E-state index is 4.43. The SMILES string of the molecule is c1nnc2sc(C3CSCCN3)nn12. The van der Waals surface area contributed by atoms with Crippen LogP contribution in [0.1, 0.15) is 11.0 Å². The zero-order chi connectivity index (χ0) is 9.38. The molecule has 14 heavy (non-hydrogen) atoms. The first-order chi connectivity index (χ1) is 6.93. The molecular formula is C7H9N5S2. The van der Waals surface area contributed by atoms with E-state index in [1.165, 1.54) is 5.75 Å². The van der Waals surface area contributed by atoms with Gasteiger partial charge in [0.05, 0.1) is 6.04 Å². The minimum atomic E-state index is 0.389. The third kappa shape index (κ3) is 1.41. The second kappa shape index (κ2) is 3.48. The van der Waals surface area contributed by atoms with Crippen LogP contribution in [0.15, 0.2) is 6.33 Å². The molecule has 3 heterocycles. The van der Waals surface area contributed by atoms with E-state index in [2.05, 4.69) is 20.6 Å². The van der Waals surface area contributed by atoms with Crippen molar-refractivity contribution in [3.63, 3.8) is 0 Å². The number of hydrogen-bond acceptors (Lipinski definition) is 6. The number of hydrogen-bond donors (Lipinski definition) is 1. The van der Waals surface area contributed by atoms with Crippen LogP contribution < -0.4 is 5.32 Å². The van der Waals surface area contributed by atoms with Gasteiger partial charge in [-0.1, -0.05) is 11.3 Å². The van der Waals surface area contributed by atoms with E-state index in [-0.39, 0.29) is 0 Å². The third-order valence-electron chi connectivity index (χ3n) is 2.12. The van der Waals surface area contributed by atoms with Crippen LogP contribution in [0.25, 0.3) is 4.96 Å². The molecule has 1 aliphatic rings. The Morgan fingerprint density at radius 3 is 3.36 bits per heavy atom. The second-order valence-electron chi connectivity index (χ2n) is 3.08. The molecule has 2 aromatic rings. The molecular weight excluding hydrogens is 218 g/mol. The highest BCUT2D eigenvalue weighted by atomic mass is 32.2. The number of rotatable bonds is 1. The molecule has 2 aromatic heterocycles. The summed E-state index contributed by atoms with van der Waals surface area (Å²) >= 11 is 3.58. The Kier molecular flexibility index (Phi) is 2.15. The summed E-state index contributed by atoms with van der Waals surface area (Å²) in [7, 11) is 0. The van der Waals surface area contributed by atoms with Crippen molar-refractivity contribution in [2.24, 2.45) is 0 Å². The molecule has 0 aliphatic carbocycles. The second-order valence-corrected chi connectivity index (χ2v) is 5.22. The molecule has 1 saturated heterocycles. The number of fused-ring (bicyclic) bond motifs is 1. The van der Waals surface area contributed by atoms with Gasteiger partial charge in [0.25, 0.3) is 0 Å². The summed E-state index contributed by atoms with van der Waals surface area (Å²) < 4.78 is 1.74. The van der Waals surface area contributed by atoms with Gasteiger partial charge in [-0.25, -0.2) is 0 Å². The molecule has 3 rings (SSSR count). The number of nitrogens with zero attached hydrogens (tertiary/aromatic N) is 4. The van der Waals surface area contributed by atoms with Gasteiger partial charge in [0, 0.05) is 18.1 Å². The Labute approximate surface area is 88.9 Å². The lowest BCUT2D eigenvalue weighted by molar-refractivity contribution is 0.583. The topological polar surface area (TPSA) is 55.1 Å². The van der Waals surface area contributed by atoms with E-state index in [1.807, 2.05) is 11.8 Å². The van der Waals surface area contributed by atoms with Crippen molar-refractivity contribution < 1.29 is 0 Å². The van der Waals surface area contributed by atoms with Crippen LogP contribution in [0.4, 0.5) is 0 Å². The van der Waals surface area contributed by atoms with Gasteiger partial charge >= 0.3 is 0 Å². The maximum atomic E-state index is 4.43. The fourth-order valence-electron chi connectivity index (χ4n) is 1.44. The van der Waals surface area contributed by atoms with Gasteiger partial charge in [0.1, 0.15) is 11.3 Å². The summed E-state index contributed by atoms with van der Waals surface area (Å²) in [5.74, 6) is 2.30. The van der Waals surface area contributed by atoms with E-state index in [0.29, 0.717) is 6.04 Å². The highest BCUT2D eigenvalue weighted by Gasteiger charge is 2.19. The molecule has 1 unspecified atom stereocenters. The maximum Gasteiger partial charge on any atom is 0.234 e. The van der Waals surface area contributed by atoms with Crippen LogP contribution in [-0.4, -0.2) is 37.9 Å². The lowest BCUT2D eigenvalue weighted by Crippen LogP contribution is -2.30. The summed E-state index contributed by atoms with van der Waals surface area (Å²) in [5.41, 5.74) is 0. The van der Waals surface area contributed by atoms with E-state index in [0.717, 1.165) is 22.3 Å². The molecule has 74 valence electrons. The van der Waals surface area contributed by atoms with E-state index in [9.17, 15) is 0 Å². The van der Waals surface area contributed by atoms with Crippen LogP contribution in [0.2, 0.25) is 0 Å². The highest BCUT2D eigenvalue weighted by molar-refractivity contribution is 7.99. The summed E-state index contributed by atoms with van der Waals surface area (Å²) in [6.45, 7) is 1.06. The molecule has 0 saturated carbocycles. The van der Waals surface area contributed by atoms with Gasteiger partial charge in [-0.2, -0.15) is 21.4 Å². The number of nitrogens with one attached hydrogen (secondary N) is 1. The van der Waals surface area contributed by atoms with Crippen LogP contribution in [0.5, 0.6) is 0 Å². The third-order valence-corrected chi connectivity index (χ3v) is 4.21. The highest BCUT2D eigenvalue weighted by Crippen LogP contribution is 2.25. The largest absolute Gasteiger partial charge is 0.306 e. The Balaban J connectivity index is 1.92. The van der Waals surface area contributed by atoms with Crippen molar-refractivity contribution in [3.05, 3.63) is 11.3 Å². The zero-order valence-corrected chi connectivity index (χ0v) is 9.01. The molecule has 0 aromatic carbocycles. The Bertz CT molecular complexity index is 401. The fourth-order valence-corrected chi connectivity index (χ4v) is 3.38. The minimum Gasteiger partial charge on any atom is -0.306 e. The molecule has 1 fully saturated rings. The predicted molar refractivity (Wildman–Crippen MR) is 56.7 cm³/mol. The average Bonchev–Trinajstić information content (AvgIpc) is 2.78. The Morgan fingerprint density at radius 1 is 1.57 bits per heavy atom. The van der Waals surface area contributed by atoms with Crippen LogP contribution in [0, 0.1) is 0 Å². The van der Waals surface area contributed by atoms with E-state index in [1.54, 1.807) is 22.2 Å². The van der Waals surface area contributed by atoms with Crippen molar-refractivity contribution in [3.8, 4) is 0 Å². The minimum absolute atomic E-state index is 0.389. The van der Waals surface area contributed by atoms with Crippen molar-refractivity contribution in [2.75, 3.05) is 18.1 Å². The van der Waals surface area contributed by atoms with Crippen LogP contribution in [-0.2, 0) is 0 Å². The first kappa shape index (κ1) is 8.63. The zero-order valence-electron chi connectivity index (χ0n) is 7.38. The number of thioether (sulfide) groups is 1. The van der Waals surface area contributed by atoms with Crippen molar-refractivity contribution in [2.45, 2.75) is 6.04 Å². The fraction of sp³-hybridized carbons (Fsp3) is 0.571. The predicted octanol–water partition coefficient (Wildman–Crippen LogP) is 0.563. The van der Waals surface area contributed by atoms with Crippen molar-refractivity contribution in [1.29, 1.82) is 0 Å². The Morgan fingerprint density at radius 2 is 2.57 bits per heavy atom. The standard InChI is InChI=1S/C7H9N5S2/c1-2-13-3-5(8-1)6-11-12-4-9-10-7(12)14-6/h4-5,8H,1-3H2. The summed E-state index contributed by atoms with van der Waals surface area (Å²) in [4.78, 5) is 0.873. The average molecular weight is 227 g/mol. The normalized spacial score (nSPS) is 23.0.